The van der Waals surface area contributed by atoms with Crippen LogP contribution in [0.4, 0.5) is 16.8 Å². The molecule has 9 heteroatoms. The third-order valence-corrected chi connectivity index (χ3v) is 4.26. The van der Waals surface area contributed by atoms with Crippen molar-refractivity contribution < 1.29 is 14.3 Å². The summed E-state index contributed by atoms with van der Waals surface area (Å²) in [5, 5.41) is 7.90. The van der Waals surface area contributed by atoms with E-state index in [9.17, 15) is 9.59 Å². The Hall–Kier alpha value is -3.33. The molecule has 0 aliphatic heterocycles. The Morgan fingerprint density at radius 3 is 2.33 bits per heavy atom. The van der Waals surface area contributed by atoms with Gasteiger partial charge in [-0.05, 0) is 44.2 Å². The molecule has 0 saturated heterocycles. The summed E-state index contributed by atoms with van der Waals surface area (Å²) in [7, 11) is 1.31. The second kappa shape index (κ2) is 7.92. The number of aromatic nitrogens is 3. The lowest BCUT2D eigenvalue weighted by Crippen LogP contribution is -2.12. The number of anilines is 3. The summed E-state index contributed by atoms with van der Waals surface area (Å²) < 4.78 is 4.64. The molecule has 0 bridgehead atoms. The molecule has 0 fully saturated rings. The first-order valence-electron chi connectivity index (χ1n) is 7.99. The van der Waals surface area contributed by atoms with Crippen molar-refractivity contribution in [2.24, 2.45) is 0 Å². The maximum atomic E-state index is 12.3. The van der Waals surface area contributed by atoms with Crippen LogP contribution in [0.1, 0.15) is 32.2 Å². The van der Waals surface area contributed by atoms with Crippen LogP contribution in [0.15, 0.2) is 35.7 Å². The Morgan fingerprint density at radius 2 is 1.70 bits per heavy atom. The fourth-order valence-corrected chi connectivity index (χ4v) is 3.00. The molecule has 8 nitrogen and oxygen atoms in total. The van der Waals surface area contributed by atoms with Gasteiger partial charge in [0, 0.05) is 22.5 Å². The Labute approximate surface area is 159 Å². The Morgan fingerprint density at radius 1 is 1.04 bits per heavy atom. The maximum absolute atomic E-state index is 12.3. The van der Waals surface area contributed by atoms with Crippen molar-refractivity contribution in [3.63, 3.8) is 0 Å². The predicted molar refractivity (Wildman–Crippen MR) is 103 cm³/mol. The molecule has 138 valence electrons. The van der Waals surface area contributed by atoms with Crippen LogP contribution in [0, 0.1) is 13.8 Å². The van der Waals surface area contributed by atoms with Crippen molar-refractivity contribution in [3.05, 3.63) is 58.4 Å². The van der Waals surface area contributed by atoms with E-state index >= 15 is 0 Å². The molecular formula is C18H17N5O3S. The van der Waals surface area contributed by atoms with Crippen molar-refractivity contribution in [1.29, 1.82) is 0 Å². The van der Waals surface area contributed by atoms with Gasteiger partial charge in [-0.3, -0.25) is 4.79 Å². The molecule has 0 aliphatic carbocycles. The lowest BCUT2D eigenvalue weighted by molar-refractivity contribution is 0.0600. The SMILES string of the molecule is COC(=O)c1ccc(NC(=O)c2csc(Nc3nc(C)cc(C)n3)n2)cc1. The molecule has 2 heterocycles. The minimum Gasteiger partial charge on any atom is -0.465 e. The van der Waals surface area contributed by atoms with Crippen molar-refractivity contribution in [2.75, 3.05) is 17.7 Å². The molecule has 0 radical (unpaired) electrons. The highest BCUT2D eigenvalue weighted by Crippen LogP contribution is 2.20. The molecule has 0 unspecified atom stereocenters. The number of rotatable bonds is 5. The summed E-state index contributed by atoms with van der Waals surface area (Å²) in [6.45, 7) is 3.76. The minimum absolute atomic E-state index is 0.268. The number of nitrogens with one attached hydrogen (secondary N) is 2. The first kappa shape index (κ1) is 18.5. The zero-order valence-corrected chi connectivity index (χ0v) is 15.8. The third kappa shape index (κ3) is 4.64. The van der Waals surface area contributed by atoms with Gasteiger partial charge in [-0.25, -0.2) is 19.7 Å². The molecule has 0 spiro atoms. The van der Waals surface area contributed by atoms with Gasteiger partial charge < -0.3 is 15.4 Å². The van der Waals surface area contributed by atoms with Crippen LogP contribution < -0.4 is 10.6 Å². The summed E-state index contributed by atoms with van der Waals surface area (Å²) in [6.07, 6.45) is 0. The largest absolute Gasteiger partial charge is 0.465 e. The number of esters is 1. The van der Waals surface area contributed by atoms with Gasteiger partial charge in [0.25, 0.3) is 5.91 Å². The number of ether oxygens (including phenoxy) is 1. The molecule has 3 aromatic rings. The molecule has 0 atom stereocenters. The van der Waals surface area contributed by atoms with Crippen LogP contribution in [0.3, 0.4) is 0 Å². The van der Waals surface area contributed by atoms with Crippen LogP contribution in [0.25, 0.3) is 0 Å². The van der Waals surface area contributed by atoms with E-state index in [0.29, 0.717) is 22.3 Å². The van der Waals surface area contributed by atoms with Crippen LogP contribution in [0.5, 0.6) is 0 Å². The first-order valence-corrected chi connectivity index (χ1v) is 8.87. The van der Waals surface area contributed by atoms with Gasteiger partial charge in [0.15, 0.2) is 5.13 Å². The third-order valence-electron chi connectivity index (χ3n) is 3.50. The van der Waals surface area contributed by atoms with Crippen LogP contribution >= 0.6 is 11.3 Å². The summed E-state index contributed by atoms with van der Waals surface area (Å²) in [5.74, 6) is -0.352. The number of benzene rings is 1. The summed E-state index contributed by atoms with van der Waals surface area (Å²) in [4.78, 5) is 36.6. The van der Waals surface area contributed by atoms with Gasteiger partial charge in [-0.15, -0.1) is 11.3 Å². The zero-order valence-electron chi connectivity index (χ0n) is 14.9. The number of thiazole rings is 1. The van der Waals surface area contributed by atoms with Gasteiger partial charge in [0.1, 0.15) is 5.69 Å². The molecule has 3 rings (SSSR count). The second-order valence-electron chi connectivity index (χ2n) is 5.66. The van der Waals surface area contributed by atoms with Crippen molar-refractivity contribution in [3.8, 4) is 0 Å². The van der Waals surface area contributed by atoms with E-state index in [1.54, 1.807) is 29.6 Å². The molecule has 2 N–H and O–H groups in total. The Kier molecular flexibility index (Phi) is 5.41. The van der Waals surface area contributed by atoms with E-state index in [-0.39, 0.29) is 11.6 Å². The van der Waals surface area contributed by atoms with Crippen LogP contribution in [-0.4, -0.2) is 33.9 Å². The van der Waals surface area contributed by atoms with E-state index in [1.165, 1.54) is 18.4 Å². The van der Waals surface area contributed by atoms with Gasteiger partial charge in [-0.1, -0.05) is 0 Å². The lowest BCUT2D eigenvalue weighted by atomic mass is 10.2. The number of methoxy groups -OCH3 is 1. The molecule has 0 aliphatic rings. The van der Waals surface area contributed by atoms with Crippen LogP contribution in [0.2, 0.25) is 0 Å². The molecule has 27 heavy (non-hydrogen) atoms. The summed E-state index contributed by atoms with van der Waals surface area (Å²) in [5.41, 5.74) is 2.91. The predicted octanol–water partition coefficient (Wildman–Crippen LogP) is 3.33. The van der Waals surface area contributed by atoms with E-state index in [0.717, 1.165) is 11.4 Å². The van der Waals surface area contributed by atoms with Crippen molar-refractivity contribution in [1.82, 2.24) is 15.0 Å². The smallest absolute Gasteiger partial charge is 0.337 e. The quantitative estimate of drug-likeness (QED) is 0.651. The molecular weight excluding hydrogens is 366 g/mol. The van der Waals surface area contributed by atoms with Gasteiger partial charge >= 0.3 is 5.97 Å². The monoisotopic (exact) mass is 383 g/mol. The Balaban J connectivity index is 1.67. The van der Waals surface area contributed by atoms with Gasteiger partial charge in [0.05, 0.1) is 12.7 Å². The van der Waals surface area contributed by atoms with Gasteiger partial charge in [0.2, 0.25) is 5.95 Å². The number of hydrogen-bond donors (Lipinski definition) is 2. The van der Waals surface area contributed by atoms with E-state index in [2.05, 4.69) is 30.3 Å². The number of carbonyl (C=O) groups excluding carboxylic acids is 2. The lowest BCUT2D eigenvalue weighted by Gasteiger charge is -2.05. The number of nitrogens with zero attached hydrogens (tertiary/aromatic N) is 3. The molecule has 0 saturated carbocycles. The van der Waals surface area contributed by atoms with Gasteiger partial charge in [-0.2, -0.15) is 0 Å². The topological polar surface area (TPSA) is 106 Å². The molecule has 2 aromatic heterocycles. The van der Waals surface area contributed by atoms with Crippen LogP contribution in [-0.2, 0) is 4.74 Å². The highest BCUT2D eigenvalue weighted by molar-refractivity contribution is 7.14. The number of amides is 1. The first-order chi connectivity index (χ1) is 12.9. The van der Waals surface area contributed by atoms with Crippen molar-refractivity contribution >= 4 is 40.0 Å². The summed E-state index contributed by atoms with van der Waals surface area (Å²) >= 11 is 1.28. The fraction of sp³-hybridized carbons (Fsp3) is 0.167. The second-order valence-corrected chi connectivity index (χ2v) is 6.52. The highest BCUT2D eigenvalue weighted by atomic mass is 32.1. The average Bonchev–Trinajstić information content (AvgIpc) is 3.09. The van der Waals surface area contributed by atoms with E-state index in [4.69, 9.17) is 0 Å². The maximum Gasteiger partial charge on any atom is 0.337 e. The number of hydrogen-bond acceptors (Lipinski definition) is 8. The summed E-state index contributed by atoms with van der Waals surface area (Å²) in [6, 6.07) is 8.27. The standard InChI is InChI=1S/C18H17N5O3S/c1-10-8-11(2)20-17(19-10)23-18-22-14(9-27-18)15(24)21-13-6-4-12(5-7-13)16(25)26-3/h4-9H,1-3H3,(H,21,24)(H,19,20,22,23). The highest BCUT2D eigenvalue weighted by Gasteiger charge is 2.13. The number of carbonyl (C=O) groups is 2. The van der Waals surface area contributed by atoms with E-state index in [1.807, 2.05) is 19.9 Å². The normalized spacial score (nSPS) is 10.3. The van der Waals surface area contributed by atoms with E-state index < -0.39 is 5.97 Å². The fourth-order valence-electron chi connectivity index (χ4n) is 2.32. The van der Waals surface area contributed by atoms with Crippen molar-refractivity contribution in [2.45, 2.75) is 13.8 Å². The molecule has 1 amide bonds. The zero-order chi connectivity index (χ0) is 19.4. The molecule has 1 aromatic carbocycles. The minimum atomic E-state index is -0.434. The number of aryl methyl sites for hydroxylation is 2. The Bertz CT molecular complexity index is 965. The average molecular weight is 383 g/mol.